The number of aryl methyl sites for hydroxylation is 1. The second-order valence-electron chi connectivity index (χ2n) is 6.76. The van der Waals surface area contributed by atoms with Crippen molar-refractivity contribution in [2.45, 2.75) is 32.0 Å². The third-order valence-corrected chi connectivity index (χ3v) is 5.00. The van der Waals surface area contributed by atoms with Gasteiger partial charge in [0.25, 0.3) is 0 Å². The summed E-state index contributed by atoms with van der Waals surface area (Å²) in [4.78, 5) is 2.36. The first-order valence-electron chi connectivity index (χ1n) is 9.20. The van der Waals surface area contributed by atoms with Crippen molar-refractivity contribution in [2.24, 2.45) is 0 Å². The van der Waals surface area contributed by atoms with Gasteiger partial charge in [-0.25, -0.2) is 0 Å². The number of alkyl halides is 3. The first-order valence-corrected chi connectivity index (χ1v) is 9.20. The molecule has 0 spiro atoms. The lowest BCUT2D eigenvalue weighted by molar-refractivity contribution is -0.137. The minimum atomic E-state index is -4.30. The molecule has 0 radical (unpaired) electrons. The highest BCUT2D eigenvalue weighted by Gasteiger charge is 2.31. The number of rotatable bonds is 4. The molecule has 2 aromatic rings. The van der Waals surface area contributed by atoms with Crippen LogP contribution in [0.15, 0.2) is 48.5 Å². The minimum absolute atomic E-state index is 0.0249. The van der Waals surface area contributed by atoms with Crippen molar-refractivity contribution >= 4 is 0 Å². The van der Waals surface area contributed by atoms with E-state index in [0.29, 0.717) is 0 Å². The standard InChI is InChI=1S/C21H25F3N2/c1-2-16-4-6-17(7-5-16)20(26-14-3-12-25-13-15-26)18-8-10-19(11-9-18)21(22,23)24/h4-11,20,25H,2-3,12-15H2,1H3. The van der Waals surface area contributed by atoms with Gasteiger partial charge >= 0.3 is 6.18 Å². The molecule has 1 aliphatic rings. The fourth-order valence-corrected chi connectivity index (χ4v) is 3.53. The molecule has 0 amide bonds. The van der Waals surface area contributed by atoms with Crippen molar-refractivity contribution in [3.63, 3.8) is 0 Å². The summed E-state index contributed by atoms with van der Waals surface area (Å²) in [5, 5.41) is 3.39. The Morgan fingerprint density at radius 2 is 1.54 bits per heavy atom. The number of hydrogen-bond acceptors (Lipinski definition) is 2. The summed E-state index contributed by atoms with van der Waals surface area (Å²) >= 11 is 0. The topological polar surface area (TPSA) is 15.3 Å². The molecule has 0 saturated carbocycles. The summed E-state index contributed by atoms with van der Waals surface area (Å²) in [6, 6.07) is 14.1. The van der Waals surface area contributed by atoms with Crippen LogP contribution in [-0.2, 0) is 12.6 Å². The fourth-order valence-electron chi connectivity index (χ4n) is 3.53. The lowest BCUT2D eigenvalue weighted by atomic mass is 9.94. The Kier molecular flexibility index (Phi) is 5.99. The number of nitrogens with one attached hydrogen (secondary N) is 1. The normalized spacial score (nSPS) is 17.7. The molecular weight excluding hydrogens is 337 g/mol. The first-order chi connectivity index (χ1) is 12.5. The molecule has 2 nitrogen and oxygen atoms in total. The molecule has 0 aliphatic carbocycles. The van der Waals surface area contributed by atoms with Gasteiger partial charge in [0.05, 0.1) is 11.6 Å². The lowest BCUT2D eigenvalue weighted by Gasteiger charge is -2.31. The van der Waals surface area contributed by atoms with E-state index in [2.05, 4.69) is 41.4 Å². The minimum Gasteiger partial charge on any atom is -0.315 e. The molecule has 1 heterocycles. The van der Waals surface area contributed by atoms with E-state index >= 15 is 0 Å². The summed E-state index contributed by atoms with van der Waals surface area (Å²) in [6.45, 7) is 5.79. The quantitative estimate of drug-likeness (QED) is 0.852. The molecular formula is C21H25F3N2. The number of benzene rings is 2. The Balaban J connectivity index is 1.96. The second kappa shape index (κ2) is 8.23. The summed E-state index contributed by atoms with van der Waals surface area (Å²) in [7, 11) is 0. The van der Waals surface area contributed by atoms with Crippen molar-refractivity contribution in [1.29, 1.82) is 0 Å². The molecule has 1 aliphatic heterocycles. The van der Waals surface area contributed by atoms with E-state index < -0.39 is 11.7 Å². The molecule has 26 heavy (non-hydrogen) atoms. The predicted molar refractivity (Wildman–Crippen MR) is 98.2 cm³/mol. The van der Waals surface area contributed by atoms with Crippen LogP contribution in [0.4, 0.5) is 13.2 Å². The number of hydrogen-bond donors (Lipinski definition) is 1. The highest BCUT2D eigenvalue weighted by Crippen LogP contribution is 2.33. The van der Waals surface area contributed by atoms with Crippen LogP contribution in [0.5, 0.6) is 0 Å². The largest absolute Gasteiger partial charge is 0.416 e. The van der Waals surface area contributed by atoms with Crippen LogP contribution in [0.2, 0.25) is 0 Å². The Morgan fingerprint density at radius 1 is 0.923 bits per heavy atom. The molecule has 0 aromatic heterocycles. The second-order valence-corrected chi connectivity index (χ2v) is 6.76. The van der Waals surface area contributed by atoms with E-state index in [1.54, 1.807) is 12.1 Å². The van der Waals surface area contributed by atoms with E-state index in [9.17, 15) is 13.2 Å². The molecule has 5 heteroatoms. The maximum atomic E-state index is 12.9. The molecule has 3 rings (SSSR count). The van der Waals surface area contributed by atoms with Gasteiger partial charge in [-0.05, 0) is 48.2 Å². The fraction of sp³-hybridized carbons (Fsp3) is 0.429. The zero-order valence-corrected chi connectivity index (χ0v) is 15.0. The van der Waals surface area contributed by atoms with Crippen LogP contribution in [0.25, 0.3) is 0 Å². The molecule has 0 bridgehead atoms. The summed E-state index contributed by atoms with van der Waals surface area (Å²) < 4.78 is 38.8. The lowest BCUT2D eigenvalue weighted by Crippen LogP contribution is -2.33. The average molecular weight is 362 g/mol. The van der Waals surface area contributed by atoms with E-state index in [1.165, 1.54) is 17.7 Å². The van der Waals surface area contributed by atoms with E-state index in [-0.39, 0.29) is 6.04 Å². The summed E-state index contributed by atoms with van der Waals surface area (Å²) in [5.74, 6) is 0. The third kappa shape index (κ3) is 4.46. The van der Waals surface area contributed by atoms with Crippen molar-refractivity contribution in [3.05, 3.63) is 70.8 Å². The van der Waals surface area contributed by atoms with Gasteiger partial charge in [0.2, 0.25) is 0 Å². The Bertz CT molecular complexity index is 685. The van der Waals surface area contributed by atoms with Crippen LogP contribution < -0.4 is 5.32 Å². The van der Waals surface area contributed by atoms with Gasteiger partial charge in [0.15, 0.2) is 0 Å². The van der Waals surface area contributed by atoms with Crippen LogP contribution in [0, 0.1) is 0 Å². The highest BCUT2D eigenvalue weighted by atomic mass is 19.4. The Labute approximate surface area is 153 Å². The van der Waals surface area contributed by atoms with E-state index in [1.807, 2.05) is 0 Å². The first kappa shape index (κ1) is 18.9. The third-order valence-electron chi connectivity index (χ3n) is 5.00. The number of halogens is 3. The van der Waals surface area contributed by atoms with Gasteiger partial charge in [-0.3, -0.25) is 4.90 Å². The molecule has 2 aromatic carbocycles. The Morgan fingerprint density at radius 3 is 2.12 bits per heavy atom. The van der Waals surface area contributed by atoms with Crippen molar-refractivity contribution in [3.8, 4) is 0 Å². The highest BCUT2D eigenvalue weighted by molar-refractivity contribution is 5.36. The zero-order chi connectivity index (χ0) is 18.6. The van der Waals surface area contributed by atoms with Gasteiger partial charge in [0.1, 0.15) is 0 Å². The summed E-state index contributed by atoms with van der Waals surface area (Å²) in [6.07, 6.45) is -2.30. The van der Waals surface area contributed by atoms with Crippen LogP contribution in [-0.4, -0.2) is 31.1 Å². The zero-order valence-electron chi connectivity index (χ0n) is 15.0. The van der Waals surface area contributed by atoms with Crippen molar-refractivity contribution in [2.75, 3.05) is 26.2 Å². The molecule has 1 saturated heterocycles. The van der Waals surface area contributed by atoms with E-state index in [4.69, 9.17) is 0 Å². The number of nitrogens with zero attached hydrogens (tertiary/aromatic N) is 1. The van der Waals surface area contributed by atoms with Crippen molar-refractivity contribution < 1.29 is 13.2 Å². The monoisotopic (exact) mass is 362 g/mol. The SMILES string of the molecule is CCc1ccc(C(c2ccc(C(F)(F)F)cc2)N2CCCNCC2)cc1. The molecule has 1 fully saturated rings. The maximum Gasteiger partial charge on any atom is 0.416 e. The van der Waals surface area contributed by atoms with Gasteiger partial charge in [-0.2, -0.15) is 13.2 Å². The van der Waals surface area contributed by atoms with Gasteiger partial charge in [-0.15, -0.1) is 0 Å². The van der Waals surface area contributed by atoms with Crippen LogP contribution in [0.1, 0.15) is 41.6 Å². The average Bonchev–Trinajstić information content (AvgIpc) is 2.92. The van der Waals surface area contributed by atoms with Gasteiger partial charge < -0.3 is 5.32 Å². The molecule has 1 unspecified atom stereocenters. The Hall–Kier alpha value is -1.85. The van der Waals surface area contributed by atoms with Gasteiger partial charge in [-0.1, -0.05) is 43.3 Å². The predicted octanol–water partition coefficient (Wildman–Crippen LogP) is 4.65. The maximum absolute atomic E-state index is 12.9. The molecule has 1 atom stereocenters. The molecule has 140 valence electrons. The van der Waals surface area contributed by atoms with Crippen molar-refractivity contribution in [1.82, 2.24) is 10.2 Å². The summed E-state index contributed by atoms with van der Waals surface area (Å²) in [5.41, 5.74) is 2.70. The van der Waals surface area contributed by atoms with Gasteiger partial charge in [0, 0.05) is 19.6 Å². The van der Waals surface area contributed by atoms with Crippen LogP contribution in [0.3, 0.4) is 0 Å². The smallest absolute Gasteiger partial charge is 0.315 e. The van der Waals surface area contributed by atoms with E-state index in [0.717, 1.165) is 50.1 Å². The molecule has 1 N–H and O–H groups in total. The van der Waals surface area contributed by atoms with Crippen LogP contribution >= 0.6 is 0 Å².